The molecule has 1 fully saturated rings. The van der Waals surface area contributed by atoms with Crippen molar-refractivity contribution in [1.29, 1.82) is 0 Å². The number of pyridine rings is 1. The van der Waals surface area contributed by atoms with Crippen LogP contribution in [0.2, 0.25) is 0 Å². The molecule has 1 aromatic rings. The summed E-state index contributed by atoms with van der Waals surface area (Å²) in [5.74, 6) is 0.748. The van der Waals surface area contributed by atoms with Crippen molar-refractivity contribution in [3.8, 4) is 0 Å². The lowest BCUT2D eigenvalue weighted by molar-refractivity contribution is -0.126. The normalized spacial score (nSPS) is 20.0. The van der Waals surface area contributed by atoms with Crippen LogP contribution in [-0.4, -0.2) is 47.9 Å². The molecule has 1 aliphatic rings. The summed E-state index contributed by atoms with van der Waals surface area (Å²) >= 11 is 0. The minimum Gasteiger partial charge on any atom is -0.356 e. The lowest BCUT2D eigenvalue weighted by atomic mass is 9.97. The van der Waals surface area contributed by atoms with Crippen LogP contribution in [0.25, 0.3) is 0 Å². The number of carbonyl (C=O) groups is 2. The van der Waals surface area contributed by atoms with Crippen molar-refractivity contribution >= 4 is 11.8 Å². The second kappa shape index (κ2) is 11.7. The van der Waals surface area contributed by atoms with Crippen molar-refractivity contribution in [3.05, 3.63) is 30.1 Å². The molecule has 1 saturated heterocycles. The van der Waals surface area contributed by atoms with Crippen molar-refractivity contribution in [2.24, 2.45) is 11.8 Å². The van der Waals surface area contributed by atoms with Crippen LogP contribution < -0.4 is 10.6 Å². The average molecular weight is 375 g/mol. The van der Waals surface area contributed by atoms with Crippen LogP contribution in [0, 0.1) is 11.8 Å². The van der Waals surface area contributed by atoms with E-state index in [1.165, 1.54) is 5.56 Å². The van der Waals surface area contributed by atoms with Gasteiger partial charge in [-0.1, -0.05) is 13.8 Å². The van der Waals surface area contributed by atoms with Crippen LogP contribution in [0.1, 0.15) is 51.5 Å². The number of rotatable bonds is 6. The Hall–Kier alpha value is -1.95. The first-order valence-electron chi connectivity index (χ1n) is 10.2. The van der Waals surface area contributed by atoms with Gasteiger partial charge in [0.05, 0.1) is 0 Å². The Bertz CT molecular complexity index is 577. The molecule has 0 aromatic carbocycles. The van der Waals surface area contributed by atoms with E-state index in [0.717, 1.165) is 45.4 Å². The van der Waals surface area contributed by atoms with Gasteiger partial charge in [0.2, 0.25) is 11.8 Å². The van der Waals surface area contributed by atoms with Gasteiger partial charge in [0.1, 0.15) is 0 Å². The van der Waals surface area contributed by atoms with E-state index in [2.05, 4.69) is 34.4 Å². The molecule has 1 aromatic heterocycles. The molecular formula is C21H34N4O2. The number of nitrogens with zero attached hydrogens (tertiary/aromatic N) is 2. The molecule has 0 aliphatic carbocycles. The number of carbonyl (C=O) groups excluding carboxylic acids is 2. The molecule has 0 radical (unpaired) electrons. The van der Waals surface area contributed by atoms with Gasteiger partial charge in [-0.3, -0.25) is 19.5 Å². The van der Waals surface area contributed by atoms with Gasteiger partial charge in [0.15, 0.2) is 0 Å². The second-order valence-corrected chi connectivity index (χ2v) is 7.83. The minimum atomic E-state index is -0.0293. The quantitative estimate of drug-likeness (QED) is 0.802. The molecule has 6 heteroatoms. The highest BCUT2D eigenvalue weighted by atomic mass is 16.2. The van der Waals surface area contributed by atoms with E-state index in [-0.39, 0.29) is 17.7 Å². The molecule has 1 atom stereocenters. The van der Waals surface area contributed by atoms with Gasteiger partial charge < -0.3 is 10.6 Å². The highest BCUT2D eigenvalue weighted by Gasteiger charge is 2.20. The third-order valence-corrected chi connectivity index (χ3v) is 5.04. The molecule has 0 saturated carbocycles. The van der Waals surface area contributed by atoms with E-state index < -0.39 is 0 Å². The van der Waals surface area contributed by atoms with Gasteiger partial charge in [-0.05, 0) is 55.8 Å². The third kappa shape index (κ3) is 8.52. The van der Waals surface area contributed by atoms with Crippen molar-refractivity contribution in [2.75, 3.05) is 26.2 Å². The Kier molecular flexibility index (Phi) is 9.25. The summed E-state index contributed by atoms with van der Waals surface area (Å²) in [6.07, 6.45) is 7.62. The zero-order chi connectivity index (χ0) is 19.5. The fraction of sp³-hybridized carbons (Fsp3) is 0.667. The lowest BCUT2D eigenvalue weighted by Crippen LogP contribution is -2.34. The maximum atomic E-state index is 12.5. The second-order valence-electron chi connectivity index (χ2n) is 7.83. The molecule has 0 bridgehead atoms. The summed E-state index contributed by atoms with van der Waals surface area (Å²) in [5.41, 5.74) is 1.20. The number of hydrogen-bond acceptors (Lipinski definition) is 4. The van der Waals surface area contributed by atoms with Crippen molar-refractivity contribution in [1.82, 2.24) is 20.5 Å². The molecule has 2 heterocycles. The zero-order valence-electron chi connectivity index (χ0n) is 16.7. The number of hydrogen-bond donors (Lipinski definition) is 2. The molecule has 2 N–H and O–H groups in total. The monoisotopic (exact) mass is 374 g/mol. The molecule has 1 unspecified atom stereocenters. The van der Waals surface area contributed by atoms with Crippen LogP contribution in [-0.2, 0) is 16.1 Å². The SMILES string of the molecule is CC(C)CCNC(=O)C1CCCN(Cc2ccncc2)CCC(=O)NCC1. The van der Waals surface area contributed by atoms with Crippen LogP contribution in [0.4, 0.5) is 0 Å². The summed E-state index contributed by atoms with van der Waals surface area (Å²) in [7, 11) is 0. The van der Waals surface area contributed by atoms with E-state index in [0.29, 0.717) is 25.3 Å². The predicted octanol–water partition coefficient (Wildman–Crippen LogP) is 2.35. The highest BCUT2D eigenvalue weighted by molar-refractivity contribution is 5.79. The van der Waals surface area contributed by atoms with Crippen LogP contribution >= 0.6 is 0 Å². The molecule has 0 spiro atoms. The van der Waals surface area contributed by atoms with Crippen LogP contribution in [0.15, 0.2) is 24.5 Å². The Balaban J connectivity index is 1.90. The van der Waals surface area contributed by atoms with Crippen molar-refractivity contribution in [2.45, 2.75) is 52.5 Å². The fourth-order valence-corrected chi connectivity index (χ4v) is 3.35. The lowest BCUT2D eigenvalue weighted by Gasteiger charge is -2.22. The fourth-order valence-electron chi connectivity index (χ4n) is 3.35. The molecular weight excluding hydrogens is 340 g/mol. The Morgan fingerprint density at radius 1 is 1.30 bits per heavy atom. The summed E-state index contributed by atoms with van der Waals surface area (Å²) in [5, 5.41) is 6.04. The largest absolute Gasteiger partial charge is 0.356 e. The smallest absolute Gasteiger partial charge is 0.223 e. The Morgan fingerprint density at radius 2 is 2.07 bits per heavy atom. The molecule has 150 valence electrons. The first kappa shape index (κ1) is 21.4. The van der Waals surface area contributed by atoms with E-state index in [9.17, 15) is 9.59 Å². The van der Waals surface area contributed by atoms with Gasteiger partial charge in [-0.2, -0.15) is 0 Å². The summed E-state index contributed by atoms with van der Waals surface area (Å²) in [6.45, 7) is 8.06. The van der Waals surface area contributed by atoms with Gasteiger partial charge in [-0.25, -0.2) is 0 Å². The molecule has 2 amide bonds. The first-order chi connectivity index (χ1) is 13.0. The van der Waals surface area contributed by atoms with Crippen molar-refractivity contribution < 1.29 is 9.59 Å². The number of nitrogens with one attached hydrogen (secondary N) is 2. The predicted molar refractivity (Wildman–Crippen MR) is 107 cm³/mol. The van der Waals surface area contributed by atoms with E-state index in [1.54, 1.807) is 12.4 Å². The Morgan fingerprint density at radius 3 is 2.81 bits per heavy atom. The highest BCUT2D eigenvalue weighted by Crippen LogP contribution is 2.15. The summed E-state index contributed by atoms with van der Waals surface area (Å²) < 4.78 is 0. The number of amides is 2. The topological polar surface area (TPSA) is 74.3 Å². The zero-order valence-corrected chi connectivity index (χ0v) is 16.7. The third-order valence-electron chi connectivity index (χ3n) is 5.04. The van der Waals surface area contributed by atoms with Gasteiger partial charge >= 0.3 is 0 Å². The van der Waals surface area contributed by atoms with Gasteiger partial charge in [0, 0.05) is 50.9 Å². The summed E-state index contributed by atoms with van der Waals surface area (Å²) in [6, 6.07) is 4.02. The maximum Gasteiger partial charge on any atom is 0.223 e. The van der Waals surface area contributed by atoms with Crippen LogP contribution in [0.3, 0.4) is 0 Å². The van der Waals surface area contributed by atoms with Crippen LogP contribution in [0.5, 0.6) is 0 Å². The molecule has 1 aliphatic heterocycles. The van der Waals surface area contributed by atoms with E-state index in [1.807, 2.05) is 12.1 Å². The van der Waals surface area contributed by atoms with Crippen molar-refractivity contribution in [3.63, 3.8) is 0 Å². The summed E-state index contributed by atoms with van der Waals surface area (Å²) in [4.78, 5) is 31.0. The maximum absolute atomic E-state index is 12.5. The van der Waals surface area contributed by atoms with E-state index >= 15 is 0 Å². The molecule has 6 nitrogen and oxygen atoms in total. The first-order valence-corrected chi connectivity index (χ1v) is 10.2. The minimum absolute atomic E-state index is 0.0293. The number of aromatic nitrogens is 1. The standard InChI is InChI=1S/C21H34N4O2/c1-17(2)5-12-24-21(27)19-4-3-14-25(15-9-20(26)23-13-8-19)16-18-6-10-22-11-7-18/h6-7,10-11,17,19H,3-5,8-9,12-16H2,1-2H3,(H,23,26)(H,24,27). The average Bonchev–Trinajstić information content (AvgIpc) is 2.68. The molecule has 2 rings (SSSR count). The van der Waals surface area contributed by atoms with E-state index in [4.69, 9.17) is 0 Å². The Labute approximate surface area is 163 Å². The van der Waals surface area contributed by atoms with Gasteiger partial charge in [-0.15, -0.1) is 0 Å². The molecule has 27 heavy (non-hydrogen) atoms. The van der Waals surface area contributed by atoms with Gasteiger partial charge in [0.25, 0.3) is 0 Å².